The van der Waals surface area contributed by atoms with Gasteiger partial charge in [-0.05, 0) is 31.2 Å². The van der Waals surface area contributed by atoms with Gasteiger partial charge in [0.15, 0.2) is 0 Å². The molecule has 0 radical (unpaired) electrons. The topological polar surface area (TPSA) is 31.2 Å². The van der Waals surface area contributed by atoms with Gasteiger partial charge in [-0.2, -0.15) is 0 Å². The van der Waals surface area contributed by atoms with Gasteiger partial charge in [0.1, 0.15) is 5.82 Å². The molecule has 0 amide bonds. The summed E-state index contributed by atoms with van der Waals surface area (Å²) in [4.78, 5) is 9.18. The van der Waals surface area contributed by atoms with Crippen molar-refractivity contribution in [1.82, 2.24) is 4.57 Å². The predicted octanol–water partition coefficient (Wildman–Crippen LogP) is 2.50. The third-order valence-electron chi connectivity index (χ3n) is 2.08. The first-order valence-electron chi connectivity index (χ1n) is 4.95. The molecule has 1 aromatic heterocycles. The third kappa shape index (κ3) is 3.08. The Labute approximate surface area is 93.4 Å². The van der Waals surface area contributed by atoms with Crippen molar-refractivity contribution in [3.05, 3.63) is 36.3 Å². The molecular weight excluding hydrogens is 209 g/mol. The number of rotatable bonds is 2. The molecule has 0 aliphatic heterocycles. The summed E-state index contributed by atoms with van der Waals surface area (Å²) in [5.41, 5.74) is 1.06. The first-order valence-corrected chi connectivity index (χ1v) is 4.95. The van der Waals surface area contributed by atoms with Crippen LogP contribution in [0.2, 0.25) is 0 Å². The largest absolute Gasteiger partial charge is 0.468 e. The minimum absolute atomic E-state index is 0.177. The number of benzene rings is 1. The second-order valence-electron chi connectivity index (χ2n) is 3.18. The fourth-order valence-corrected chi connectivity index (χ4v) is 1.32. The van der Waals surface area contributed by atoms with Crippen molar-refractivity contribution in [3.8, 4) is 0 Å². The van der Waals surface area contributed by atoms with Crippen LogP contribution in [0.15, 0.2) is 30.5 Å². The normalized spacial score (nSPS) is 9.44. The van der Waals surface area contributed by atoms with E-state index in [-0.39, 0.29) is 5.82 Å². The lowest BCUT2D eigenvalue weighted by molar-refractivity contribution is -0.128. The number of carbonyl (C=O) groups excluding carboxylic acids is 1. The number of carbonyl (C=O) groups is 1. The summed E-state index contributed by atoms with van der Waals surface area (Å²) in [6.45, 7) is 2.66. The van der Waals surface area contributed by atoms with E-state index in [1.807, 2.05) is 23.9 Å². The second kappa shape index (κ2) is 5.90. The molecule has 1 heterocycles. The Bertz CT molecular complexity index is 465. The van der Waals surface area contributed by atoms with Crippen molar-refractivity contribution in [1.29, 1.82) is 0 Å². The number of fused-ring (bicyclic) bond motifs is 1. The fraction of sp³-hybridized carbons (Fsp3) is 0.250. The van der Waals surface area contributed by atoms with Crippen molar-refractivity contribution < 1.29 is 13.9 Å². The van der Waals surface area contributed by atoms with Crippen LogP contribution in [-0.2, 0) is 16.6 Å². The Kier molecular flexibility index (Phi) is 4.51. The van der Waals surface area contributed by atoms with Crippen LogP contribution in [0.5, 0.6) is 0 Å². The lowest BCUT2D eigenvalue weighted by Crippen LogP contribution is -1.83. The van der Waals surface area contributed by atoms with Gasteiger partial charge in [0, 0.05) is 24.1 Å². The van der Waals surface area contributed by atoms with Gasteiger partial charge in [0.25, 0.3) is 6.47 Å². The summed E-state index contributed by atoms with van der Waals surface area (Å²) in [7, 11) is 1.94. The Balaban J connectivity index is 0.000000221. The van der Waals surface area contributed by atoms with Crippen molar-refractivity contribution in [2.75, 3.05) is 6.61 Å². The van der Waals surface area contributed by atoms with E-state index in [2.05, 4.69) is 4.74 Å². The average molecular weight is 223 g/mol. The molecule has 0 aliphatic carbocycles. The highest BCUT2D eigenvalue weighted by Crippen LogP contribution is 2.15. The van der Waals surface area contributed by atoms with E-state index in [1.165, 1.54) is 12.1 Å². The number of aromatic nitrogens is 1. The van der Waals surface area contributed by atoms with Crippen LogP contribution in [0, 0.1) is 5.82 Å². The summed E-state index contributed by atoms with van der Waals surface area (Å²) in [5, 5.41) is 0.951. The molecule has 0 unspecified atom stereocenters. The Morgan fingerprint density at radius 3 is 2.75 bits per heavy atom. The monoisotopic (exact) mass is 223 g/mol. The van der Waals surface area contributed by atoms with E-state index in [0.717, 1.165) is 10.9 Å². The van der Waals surface area contributed by atoms with Crippen molar-refractivity contribution >= 4 is 17.4 Å². The lowest BCUT2D eigenvalue weighted by Gasteiger charge is -1.94. The highest BCUT2D eigenvalue weighted by atomic mass is 19.1. The van der Waals surface area contributed by atoms with E-state index < -0.39 is 0 Å². The van der Waals surface area contributed by atoms with Crippen LogP contribution in [0.1, 0.15) is 6.92 Å². The third-order valence-corrected chi connectivity index (χ3v) is 2.08. The zero-order valence-corrected chi connectivity index (χ0v) is 9.31. The van der Waals surface area contributed by atoms with Crippen molar-refractivity contribution in [2.24, 2.45) is 7.05 Å². The minimum Gasteiger partial charge on any atom is -0.468 e. The van der Waals surface area contributed by atoms with Crippen LogP contribution >= 0.6 is 0 Å². The number of aryl methyl sites for hydroxylation is 1. The zero-order valence-electron chi connectivity index (χ0n) is 9.31. The fourth-order valence-electron chi connectivity index (χ4n) is 1.32. The first kappa shape index (κ1) is 12.2. The molecule has 0 spiro atoms. The first-order chi connectivity index (χ1) is 7.69. The number of halogens is 1. The minimum atomic E-state index is -0.177. The van der Waals surface area contributed by atoms with Gasteiger partial charge < -0.3 is 9.30 Å². The van der Waals surface area contributed by atoms with E-state index in [4.69, 9.17) is 0 Å². The lowest BCUT2D eigenvalue weighted by atomic mass is 10.2. The molecule has 0 aliphatic rings. The summed E-state index contributed by atoms with van der Waals surface area (Å²) in [6, 6.07) is 6.70. The van der Waals surface area contributed by atoms with Gasteiger partial charge in [-0.25, -0.2) is 4.39 Å². The van der Waals surface area contributed by atoms with Crippen LogP contribution in [-0.4, -0.2) is 17.6 Å². The molecule has 4 heteroatoms. The SMILES string of the molecule is CCOC=O.Cn1ccc2cc(F)ccc21. The number of ether oxygens (including phenoxy) is 1. The standard InChI is InChI=1S/C9H8FN.C3H6O2/c1-11-5-4-7-6-8(10)2-3-9(7)11;1-2-5-3-4/h2-6H,1H3;3H,2H2,1H3. The smallest absolute Gasteiger partial charge is 0.293 e. The van der Waals surface area contributed by atoms with E-state index in [1.54, 1.807) is 13.0 Å². The average Bonchev–Trinajstić information content (AvgIpc) is 2.62. The van der Waals surface area contributed by atoms with Gasteiger partial charge >= 0.3 is 0 Å². The number of nitrogens with zero attached hydrogens (tertiary/aromatic N) is 1. The molecule has 0 atom stereocenters. The molecule has 0 fully saturated rings. The Morgan fingerprint density at radius 1 is 1.44 bits per heavy atom. The molecule has 16 heavy (non-hydrogen) atoms. The van der Waals surface area contributed by atoms with Gasteiger partial charge in [0.2, 0.25) is 0 Å². The second-order valence-corrected chi connectivity index (χ2v) is 3.18. The molecule has 1 aromatic carbocycles. The summed E-state index contributed by atoms with van der Waals surface area (Å²) in [5.74, 6) is -0.177. The van der Waals surface area contributed by atoms with E-state index in [9.17, 15) is 9.18 Å². The molecule has 0 saturated heterocycles. The Hall–Kier alpha value is -1.84. The summed E-state index contributed by atoms with van der Waals surface area (Å²) < 4.78 is 18.8. The molecule has 0 saturated carbocycles. The molecule has 86 valence electrons. The molecule has 0 N–H and O–H groups in total. The van der Waals surface area contributed by atoms with E-state index in [0.29, 0.717) is 13.1 Å². The van der Waals surface area contributed by atoms with Crippen LogP contribution in [0.3, 0.4) is 0 Å². The van der Waals surface area contributed by atoms with Gasteiger partial charge in [-0.3, -0.25) is 4.79 Å². The molecule has 3 nitrogen and oxygen atoms in total. The van der Waals surface area contributed by atoms with Crippen LogP contribution in [0.4, 0.5) is 4.39 Å². The number of hydrogen-bond acceptors (Lipinski definition) is 2. The van der Waals surface area contributed by atoms with Gasteiger partial charge in [0.05, 0.1) is 6.61 Å². The van der Waals surface area contributed by atoms with Crippen LogP contribution < -0.4 is 0 Å². The summed E-state index contributed by atoms with van der Waals surface area (Å²) in [6.07, 6.45) is 1.92. The maximum absolute atomic E-state index is 12.6. The highest BCUT2D eigenvalue weighted by Gasteiger charge is 1.97. The maximum Gasteiger partial charge on any atom is 0.293 e. The zero-order chi connectivity index (χ0) is 12.0. The maximum atomic E-state index is 12.6. The molecule has 2 rings (SSSR count). The quantitative estimate of drug-likeness (QED) is 0.732. The Morgan fingerprint density at radius 2 is 2.19 bits per heavy atom. The van der Waals surface area contributed by atoms with Crippen molar-refractivity contribution in [3.63, 3.8) is 0 Å². The predicted molar refractivity (Wildman–Crippen MR) is 60.6 cm³/mol. The molecule has 0 bridgehead atoms. The van der Waals surface area contributed by atoms with Crippen LogP contribution in [0.25, 0.3) is 10.9 Å². The van der Waals surface area contributed by atoms with Gasteiger partial charge in [-0.15, -0.1) is 0 Å². The molecular formula is C12H14FNO2. The number of hydrogen-bond donors (Lipinski definition) is 0. The van der Waals surface area contributed by atoms with E-state index >= 15 is 0 Å². The van der Waals surface area contributed by atoms with Gasteiger partial charge in [-0.1, -0.05) is 0 Å². The van der Waals surface area contributed by atoms with Crippen molar-refractivity contribution in [2.45, 2.75) is 6.92 Å². The summed E-state index contributed by atoms with van der Waals surface area (Å²) >= 11 is 0. The highest BCUT2D eigenvalue weighted by molar-refractivity contribution is 5.79. The molecule has 2 aromatic rings.